The molecule has 0 fully saturated rings. The Morgan fingerprint density at radius 3 is 1.53 bits per heavy atom. The number of hydrogen-bond donors (Lipinski definition) is 21. The molecule has 0 saturated carbocycles. The van der Waals surface area contributed by atoms with Gasteiger partial charge in [0.05, 0.1) is 25.2 Å². The van der Waals surface area contributed by atoms with Crippen LogP contribution in [0.5, 0.6) is 0 Å². The summed E-state index contributed by atoms with van der Waals surface area (Å²) in [5, 5.41) is 41.9. The third kappa shape index (κ3) is 25.5. The zero-order valence-corrected chi connectivity index (χ0v) is 49.7. The number of nitrogens with zero attached hydrogens (tertiary/aromatic N) is 2. The topological polar surface area (TPSA) is 567 Å². The minimum Gasteiger partial charge on any atom is -0.481 e. The molecule has 3 aromatic rings. The van der Waals surface area contributed by atoms with Gasteiger partial charge in [0.1, 0.15) is 54.4 Å². The number of carboxylic acids is 2. The average Bonchev–Trinajstić information content (AvgIpc) is 3.75. The molecule has 0 aliphatic carbocycles. The van der Waals surface area contributed by atoms with Crippen LogP contribution >= 0.6 is 25.3 Å². The number of thiol groups is 2. The molecule has 3 rings (SSSR count). The Balaban J connectivity index is 1.96. The first-order chi connectivity index (χ1) is 41.3. The number of nitrogens with two attached hydrogens (primary N) is 6. The van der Waals surface area contributed by atoms with Gasteiger partial charge in [0, 0.05) is 59.9 Å². The van der Waals surface area contributed by atoms with Gasteiger partial charge in [0.25, 0.3) is 0 Å². The number of carbonyl (C=O) groups excluding carboxylic acids is 10. The van der Waals surface area contributed by atoms with E-state index in [0.717, 1.165) is 17.8 Å². The number of rotatable bonds is 41. The molecular formula is C52H81N19O14S2. The van der Waals surface area contributed by atoms with Crippen LogP contribution in [0.1, 0.15) is 82.4 Å². The molecule has 0 aliphatic rings. The predicted octanol–water partition coefficient (Wildman–Crippen LogP) is -6.01. The fourth-order valence-electron chi connectivity index (χ4n) is 8.50. The first-order valence-electron chi connectivity index (χ1n) is 27.7. The van der Waals surface area contributed by atoms with E-state index in [1.807, 2.05) is 18.2 Å². The molecule has 480 valence electrons. The quantitative estimate of drug-likeness (QED) is 0.0109. The summed E-state index contributed by atoms with van der Waals surface area (Å²) in [6.07, 6.45) is 2.92. The van der Waals surface area contributed by atoms with E-state index in [2.05, 4.69) is 93.1 Å². The molecule has 0 saturated heterocycles. The molecule has 87 heavy (non-hydrogen) atoms. The van der Waals surface area contributed by atoms with E-state index < -0.39 is 144 Å². The SMILES string of the molecule is C[C@H](NC(=O)[C@H](CC(N)=O)NC(=O)[C@H](CC(=O)O)NC(=O)[C@H](Cc1cnc[nH]1)NC(=O)[C@H](CCCCN)NC(=O)[C@H](CCCCN)NC(=O)[C@H](CCCN=C(N)N)NC(=O)[C@H](Cc1c[nH]c2ccccc12)NC(=O)[C@@H](N)CS)C(=O)N[C@@H](CS)C(=O)O. The number of unbranched alkanes of at least 4 members (excludes halogenated alkanes) is 2. The number of benzene rings is 1. The van der Waals surface area contributed by atoms with Crippen molar-refractivity contribution in [2.24, 2.45) is 39.4 Å². The number of fused-ring (bicyclic) bond motifs is 1. The maximum Gasteiger partial charge on any atom is 0.327 e. The highest BCUT2D eigenvalue weighted by atomic mass is 32.1. The molecule has 0 spiro atoms. The van der Waals surface area contributed by atoms with E-state index in [9.17, 15) is 67.7 Å². The number of primary amides is 1. The highest BCUT2D eigenvalue weighted by Crippen LogP contribution is 2.20. The summed E-state index contributed by atoms with van der Waals surface area (Å²) in [4.78, 5) is 175. The third-order valence-corrected chi connectivity index (χ3v) is 14.0. The van der Waals surface area contributed by atoms with Crippen LogP contribution in [0.2, 0.25) is 0 Å². The van der Waals surface area contributed by atoms with E-state index in [1.54, 1.807) is 12.3 Å². The Kier molecular flexibility index (Phi) is 31.6. The molecule has 0 radical (unpaired) electrons. The van der Waals surface area contributed by atoms with Gasteiger partial charge >= 0.3 is 11.9 Å². The Labute approximate surface area is 510 Å². The Hall–Kier alpha value is -8.54. The second-order valence-electron chi connectivity index (χ2n) is 20.2. The van der Waals surface area contributed by atoms with Crippen LogP contribution in [0.3, 0.4) is 0 Å². The minimum atomic E-state index is -2.02. The number of para-hydroxylation sites is 1. The van der Waals surface area contributed by atoms with Crippen molar-refractivity contribution in [3.63, 3.8) is 0 Å². The molecule has 0 aliphatic heterocycles. The lowest BCUT2D eigenvalue weighted by Crippen LogP contribution is -2.61. The van der Waals surface area contributed by atoms with E-state index in [4.69, 9.17) is 34.4 Å². The van der Waals surface area contributed by atoms with Crippen LogP contribution in [0.15, 0.2) is 48.0 Å². The Morgan fingerprint density at radius 2 is 1.03 bits per heavy atom. The second-order valence-corrected chi connectivity index (χ2v) is 20.9. The van der Waals surface area contributed by atoms with Crippen molar-refractivity contribution in [2.75, 3.05) is 31.1 Å². The zero-order chi connectivity index (χ0) is 64.8. The van der Waals surface area contributed by atoms with Gasteiger partial charge in [-0.2, -0.15) is 25.3 Å². The number of aliphatic carboxylic acids is 2. The van der Waals surface area contributed by atoms with Crippen LogP contribution < -0.4 is 82.3 Å². The molecule has 33 nitrogen and oxygen atoms in total. The second kappa shape index (κ2) is 37.8. The summed E-state index contributed by atoms with van der Waals surface area (Å²) in [5.41, 5.74) is 35.7. The van der Waals surface area contributed by atoms with E-state index in [-0.39, 0.29) is 94.2 Å². The molecule has 2 aromatic heterocycles. The number of aromatic nitrogens is 3. The number of hydrogen-bond acceptors (Lipinski definition) is 19. The van der Waals surface area contributed by atoms with Gasteiger partial charge in [-0.1, -0.05) is 18.2 Å². The Morgan fingerprint density at radius 1 is 0.563 bits per heavy atom. The normalized spacial score (nSPS) is 14.5. The van der Waals surface area contributed by atoms with Gasteiger partial charge in [0.15, 0.2) is 5.96 Å². The van der Waals surface area contributed by atoms with Crippen molar-refractivity contribution in [1.29, 1.82) is 0 Å². The largest absolute Gasteiger partial charge is 0.481 e. The van der Waals surface area contributed by atoms with Crippen LogP contribution in [0.25, 0.3) is 10.9 Å². The summed E-state index contributed by atoms with van der Waals surface area (Å²) in [7, 11) is 0. The summed E-state index contributed by atoms with van der Waals surface area (Å²) < 4.78 is 0. The number of aliphatic imine (C=N–C) groups is 1. The number of imidazole rings is 1. The number of carbonyl (C=O) groups is 12. The third-order valence-electron chi connectivity index (χ3n) is 13.2. The Bertz CT molecular complexity index is 2860. The van der Waals surface area contributed by atoms with Gasteiger partial charge in [-0.3, -0.25) is 57.7 Å². The predicted molar refractivity (Wildman–Crippen MR) is 322 cm³/mol. The first-order valence-corrected chi connectivity index (χ1v) is 29.0. The van der Waals surface area contributed by atoms with Crippen LogP contribution in [0.4, 0.5) is 0 Å². The van der Waals surface area contributed by atoms with Gasteiger partial charge in [-0.15, -0.1) is 0 Å². The molecule has 35 heteroatoms. The molecule has 2 heterocycles. The summed E-state index contributed by atoms with van der Waals surface area (Å²) in [6, 6.07) is -7.87. The van der Waals surface area contributed by atoms with Crippen molar-refractivity contribution in [2.45, 2.75) is 144 Å². The van der Waals surface area contributed by atoms with Gasteiger partial charge in [-0.25, -0.2) is 9.78 Å². The minimum absolute atomic E-state index is 0.0246. The maximum absolute atomic E-state index is 14.5. The van der Waals surface area contributed by atoms with E-state index >= 15 is 0 Å². The summed E-state index contributed by atoms with van der Waals surface area (Å²) in [6.45, 7) is 1.55. The number of guanidine groups is 1. The van der Waals surface area contributed by atoms with Gasteiger partial charge in [-0.05, 0) is 83.0 Å². The van der Waals surface area contributed by atoms with Crippen molar-refractivity contribution in [3.05, 3.63) is 54.2 Å². The van der Waals surface area contributed by atoms with Crippen molar-refractivity contribution in [1.82, 2.24) is 62.8 Å². The first kappa shape index (κ1) is 72.7. The number of nitrogens with one attached hydrogen (secondary N) is 11. The number of amides is 10. The highest BCUT2D eigenvalue weighted by molar-refractivity contribution is 7.80. The van der Waals surface area contributed by atoms with Crippen LogP contribution in [-0.4, -0.2) is 194 Å². The fraction of sp³-hybridized carbons (Fsp3) is 0.538. The molecule has 25 N–H and O–H groups in total. The molecule has 10 amide bonds. The number of aromatic amines is 2. The van der Waals surface area contributed by atoms with Gasteiger partial charge in [0.2, 0.25) is 59.1 Å². The number of H-pyrrole nitrogens is 2. The van der Waals surface area contributed by atoms with Crippen molar-refractivity contribution >= 4 is 113 Å². The molecule has 0 bridgehead atoms. The van der Waals surface area contributed by atoms with Crippen molar-refractivity contribution < 1.29 is 67.7 Å². The monoisotopic (exact) mass is 1260 g/mol. The van der Waals surface area contributed by atoms with Crippen molar-refractivity contribution in [3.8, 4) is 0 Å². The standard InChI is InChI=1S/C52H81N19O14S2/c1-26(42(75)71-39(24-87)51(84)85)63-47(80)37(19-40(56)72)69-50(83)38(20-41(73)74)70-49(82)36(18-28-22-59-25-62-28)68-46(79)33(12-5-7-15-54)65-44(77)32(11-4-6-14-53)64-45(78)34(13-8-16-60-52(57)58)66-48(81)35(67-43(76)30(55)23-86)17-27-21-61-31-10-3-2-9-29(27)31/h2-3,9-10,21-22,25-26,30,32-39,61,86-87H,4-8,11-20,23-24,53-55H2,1H3,(H2,56,72)(H,59,62)(H,63,80)(H,64,78)(H,65,77)(H,66,81)(H,67,76)(H,68,79)(H,69,83)(H,70,82)(H,71,75)(H,73,74)(H,84,85)(H4,57,58,60)/t26-,30-,32-,33-,34-,35-,36-,37-,38-,39-/m0/s1. The number of carboxylic acid groups (broad SMARTS) is 2. The lowest BCUT2D eigenvalue weighted by molar-refractivity contribution is -0.142. The highest BCUT2D eigenvalue weighted by Gasteiger charge is 2.36. The van der Waals surface area contributed by atoms with E-state index in [1.165, 1.54) is 12.5 Å². The molecule has 10 atom stereocenters. The molecule has 0 unspecified atom stereocenters. The lowest BCUT2D eigenvalue weighted by Gasteiger charge is -2.28. The lowest BCUT2D eigenvalue weighted by atomic mass is 10.0. The molecule has 1 aromatic carbocycles. The summed E-state index contributed by atoms with van der Waals surface area (Å²) in [5.74, 6) is -13.7. The average molecular weight is 1260 g/mol. The zero-order valence-electron chi connectivity index (χ0n) is 47.9. The molecular weight excluding hydrogens is 1180 g/mol. The summed E-state index contributed by atoms with van der Waals surface area (Å²) >= 11 is 7.99. The van der Waals surface area contributed by atoms with Crippen LogP contribution in [-0.2, 0) is 70.4 Å². The van der Waals surface area contributed by atoms with Crippen LogP contribution in [0, 0.1) is 0 Å². The van der Waals surface area contributed by atoms with Gasteiger partial charge < -0.3 is 102 Å². The smallest absolute Gasteiger partial charge is 0.327 e. The maximum atomic E-state index is 14.5. The van der Waals surface area contributed by atoms with E-state index in [0.29, 0.717) is 18.4 Å². The fourth-order valence-corrected chi connectivity index (χ4v) is 8.92.